The molecule has 2 rings (SSSR count). The highest BCUT2D eigenvalue weighted by Crippen LogP contribution is 2.15. The van der Waals surface area contributed by atoms with E-state index in [1.54, 1.807) is 0 Å². The van der Waals surface area contributed by atoms with E-state index in [-0.39, 0.29) is 5.91 Å². The average molecular weight is 353 g/mol. The third-order valence-electron chi connectivity index (χ3n) is 4.63. The summed E-state index contributed by atoms with van der Waals surface area (Å²) in [5.41, 5.74) is 2.39. The third kappa shape index (κ3) is 6.64. The van der Waals surface area contributed by atoms with Crippen LogP contribution in [0.4, 0.5) is 5.69 Å². The van der Waals surface area contributed by atoms with Gasteiger partial charge in [0.1, 0.15) is 0 Å². The molecule has 0 spiro atoms. The number of benzene rings is 2. The quantitative estimate of drug-likeness (QED) is 0.581. The second-order valence-corrected chi connectivity index (χ2v) is 6.67. The normalized spacial score (nSPS) is 10.9. The first-order chi connectivity index (χ1) is 12.7. The van der Waals surface area contributed by atoms with Crippen molar-refractivity contribution in [3.8, 4) is 0 Å². The molecule has 3 heteroatoms. The van der Waals surface area contributed by atoms with Gasteiger partial charge in [-0.3, -0.25) is 4.79 Å². The number of rotatable bonds is 11. The molecule has 0 aromatic heterocycles. The summed E-state index contributed by atoms with van der Waals surface area (Å²) in [6.45, 7) is 8.15. The van der Waals surface area contributed by atoms with Gasteiger partial charge < -0.3 is 9.80 Å². The summed E-state index contributed by atoms with van der Waals surface area (Å²) in [5.74, 6) is 0.197. The van der Waals surface area contributed by atoms with Crippen LogP contribution in [0.2, 0.25) is 0 Å². The SMILES string of the molecule is CCCN(CCCN(C(=O)CC)c1ccccc1)CCc1ccccc1. The Labute approximate surface area is 158 Å². The van der Waals surface area contributed by atoms with E-state index < -0.39 is 0 Å². The van der Waals surface area contributed by atoms with Gasteiger partial charge in [-0.15, -0.1) is 0 Å². The molecule has 0 aliphatic rings. The minimum atomic E-state index is 0.197. The van der Waals surface area contributed by atoms with Gasteiger partial charge in [0.15, 0.2) is 0 Å². The molecule has 0 atom stereocenters. The predicted octanol–water partition coefficient (Wildman–Crippen LogP) is 4.77. The first-order valence-electron chi connectivity index (χ1n) is 9.86. The lowest BCUT2D eigenvalue weighted by molar-refractivity contribution is -0.118. The van der Waals surface area contributed by atoms with Crippen molar-refractivity contribution in [2.75, 3.05) is 31.1 Å². The lowest BCUT2D eigenvalue weighted by atomic mass is 10.1. The Morgan fingerprint density at radius 3 is 2.08 bits per heavy atom. The smallest absolute Gasteiger partial charge is 0.226 e. The molecule has 0 bridgehead atoms. The first kappa shape index (κ1) is 20.2. The Bertz CT molecular complexity index is 627. The largest absolute Gasteiger partial charge is 0.312 e. The molecule has 0 aliphatic carbocycles. The van der Waals surface area contributed by atoms with Crippen LogP contribution in [-0.4, -0.2) is 37.0 Å². The number of amides is 1. The fraction of sp³-hybridized carbons (Fsp3) is 0.435. The van der Waals surface area contributed by atoms with Crippen LogP contribution in [-0.2, 0) is 11.2 Å². The molecule has 0 radical (unpaired) electrons. The molecule has 3 nitrogen and oxygen atoms in total. The van der Waals surface area contributed by atoms with Gasteiger partial charge in [0.25, 0.3) is 0 Å². The number of carbonyl (C=O) groups is 1. The zero-order valence-electron chi connectivity index (χ0n) is 16.2. The molecule has 0 N–H and O–H groups in total. The van der Waals surface area contributed by atoms with Gasteiger partial charge in [0.05, 0.1) is 0 Å². The molecule has 2 aromatic carbocycles. The second kappa shape index (κ2) is 11.5. The van der Waals surface area contributed by atoms with Gasteiger partial charge in [0, 0.05) is 25.2 Å². The lowest BCUT2D eigenvalue weighted by Gasteiger charge is -2.26. The van der Waals surface area contributed by atoms with Gasteiger partial charge >= 0.3 is 0 Å². The molecule has 0 fully saturated rings. The summed E-state index contributed by atoms with van der Waals surface area (Å²) < 4.78 is 0. The summed E-state index contributed by atoms with van der Waals surface area (Å²) >= 11 is 0. The molecule has 0 aliphatic heterocycles. The minimum Gasteiger partial charge on any atom is -0.312 e. The van der Waals surface area contributed by atoms with Crippen molar-refractivity contribution in [3.05, 3.63) is 66.2 Å². The van der Waals surface area contributed by atoms with Gasteiger partial charge in [-0.1, -0.05) is 62.4 Å². The van der Waals surface area contributed by atoms with Crippen molar-refractivity contribution in [1.82, 2.24) is 4.90 Å². The van der Waals surface area contributed by atoms with Crippen LogP contribution >= 0.6 is 0 Å². The molecular weight excluding hydrogens is 320 g/mol. The maximum atomic E-state index is 12.3. The molecule has 2 aromatic rings. The summed E-state index contributed by atoms with van der Waals surface area (Å²) in [6.07, 6.45) is 3.78. The zero-order chi connectivity index (χ0) is 18.6. The first-order valence-corrected chi connectivity index (χ1v) is 9.86. The maximum Gasteiger partial charge on any atom is 0.226 e. The molecule has 0 saturated heterocycles. The van der Waals surface area contributed by atoms with E-state index in [1.165, 1.54) is 5.56 Å². The molecule has 0 heterocycles. The number of anilines is 1. The Balaban J connectivity index is 1.87. The van der Waals surface area contributed by atoms with Crippen molar-refractivity contribution < 1.29 is 4.79 Å². The number of nitrogens with zero attached hydrogens (tertiary/aromatic N) is 2. The third-order valence-corrected chi connectivity index (χ3v) is 4.63. The van der Waals surface area contributed by atoms with Crippen LogP contribution in [0.3, 0.4) is 0 Å². The average Bonchev–Trinajstić information content (AvgIpc) is 2.70. The lowest BCUT2D eigenvalue weighted by Crippen LogP contribution is -2.35. The van der Waals surface area contributed by atoms with E-state index >= 15 is 0 Å². The number of hydrogen-bond donors (Lipinski definition) is 0. The van der Waals surface area contributed by atoms with Crippen molar-refractivity contribution in [1.29, 1.82) is 0 Å². The summed E-state index contributed by atoms with van der Waals surface area (Å²) in [6, 6.07) is 20.7. The number of hydrogen-bond acceptors (Lipinski definition) is 2. The van der Waals surface area contributed by atoms with Gasteiger partial charge in [0.2, 0.25) is 5.91 Å². The van der Waals surface area contributed by atoms with E-state index in [4.69, 9.17) is 0 Å². The fourth-order valence-corrected chi connectivity index (χ4v) is 3.23. The fourth-order valence-electron chi connectivity index (χ4n) is 3.23. The van der Waals surface area contributed by atoms with Crippen LogP contribution in [0.1, 0.15) is 38.7 Å². The number of para-hydroxylation sites is 1. The molecule has 0 saturated carbocycles. The van der Waals surface area contributed by atoms with Gasteiger partial charge in [-0.05, 0) is 50.0 Å². The second-order valence-electron chi connectivity index (χ2n) is 6.67. The monoisotopic (exact) mass is 352 g/mol. The van der Waals surface area contributed by atoms with Crippen molar-refractivity contribution in [2.45, 2.75) is 39.5 Å². The molecule has 1 amide bonds. The summed E-state index contributed by atoms with van der Waals surface area (Å²) in [7, 11) is 0. The highest BCUT2D eigenvalue weighted by atomic mass is 16.2. The molecule has 140 valence electrons. The number of carbonyl (C=O) groups excluding carboxylic acids is 1. The standard InChI is InChI=1S/C23H32N2O/c1-3-17-24(20-16-21-12-7-5-8-13-21)18-11-19-25(23(26)4-2)22-14-9-6-10-15-22/h5-10,12-15H,3-4,11,16-20H2,1-2H3. The molecule has 26 heavy (non-hydrogen) atoms. The van der Waals surface area contributed by atoms with Gasteiger partial charge in [-0.2, -0.15) is 0 Å². The van der Waals surface area contributed by atoms with E-state index in [1.807, 2.05) is 42.2 Å². The van der Waals surface area contributed by atoms with E-state index in [0.717, 1.165) is 51.1 Å². The Kier molecular flexibility index (Phi) is 8.91. The minimum absolute atomic E-state index is 0.197. The van der Waals surface area contributed by atoms with Crippen LogP contribution in [0.25, 0.3) is 0 Å². The van der Waals surface area contributed by atoms with Crippen molar-refractivity contribution in [3.63, 3.8) is 0 Å². The van der Waals surface area contributed by atoms with E-state index in [2.05, 4.69) is 42.2 Å². The molecule has 0 unspecified atom stereocenters. The Hall–Kier alpha value is -2.13. The van der Waals surface area contributed by atoms with Crippen LogP contribution < -0.4 is 4.90 Å². The highest BCUT2D eigenvalue weighted by Gasteiger charge is 2.14. The van der Waals surface area contributed by atoms with Crippen LogP contribution in [0, 0.1) is 0 Å². The topological polar surface area (TPSA) is 23.6 Å². The Morgan fingerprint density at radius 1 is 0.808 bits per heavy atom. The summed E-state index contributed by atoms with van der Waals surface area (Å²) in [5, 5.41) is 0. The predicted molar refractivity (Wildman–Crippen MR) is 111 cm³/mol. The van der Waals surface area contributed by atoms with Crippen molar-refractivity contribution >= 4 is 11.6 Å². The van der Waals surface area contributed by atoms with E-state index in [9.17, 15) is 4.79 Å². The Morgan fingerprint density at radius 2 is 1.46 bits per heavy atom. The summed E-state index contributed by atoms with van der Waals surface area (Å²) in [4.78, 5) is 16.8. The van der Waals surface area contributed by atoms with E-state index in [0.29, 0.717) is 6.42 Å². The zero-order valence-corrected chi connectivity index (χ0v) is 16.2. The van der Waals surface area contributed by atoms with Crippen LogP contribution in [0.5, 0.6) is 0 Å². The molecular formula is C23H32N2O. The van der Waals surface area contributed by atoms with Crippen LogP contribution in [0.15, 0.2) is 60.7 Å². The van der Waals surface area contributed by atoms with Gasteiger partial charge in [-0.25, -0.2) is 0 Å². The highest BCUT2D eigenvalue weighted by molar-refractivity contribution is 5.93. The maximum absolute atomic E-state index is 12.3. The van der Waals surface area contributed by atoms with Crippen molar-refractivity contribution in [2.24, 2.45) is 0 Å².